The average molecular weight is 453 g/mol. The molecule has 148 valence electrons. The van der Waals surface area contributed by atoms with E-state index in [0.717, 1.165) is 57.8 Å². The van der Waals surface area contributed by atoms with Gasteiger partial charge < -0.3 is 15.3 Å². The normalized spacial score (nSPS) is 19.6. The van der Waals surface area contributed by atoms with Crippen LogP contribution in [0.1, 0.15) is 31.7 Å². The third kappa shape index (κ3) is 3.29. The minimum atomic E-state index is -0.0842. The standard InChI is InChI=1S/C22H21BrN4O2/c23-17-2-1-3-19-20(17)26-22(29)27(19)16-8-5-14(6-9-16)21(28)25-15-7-4-13-10-11-24-18(13)12-15/h1-4,7,10-12,14,16,24H,5-6,8-9H2,(H,25,28)(H,26,29). The van der Waals surface area contributed by atoms with Crippen LogP contribution < -0.4 is 11.0 Å². The van der Waals surface area contributed by atoms with E-state index < -0.39 is 0 Å². The highest BCUT2D eigenvalue weighted by Gasteiger charge is 2.29. The number of rotatable bonds is 3. The molecule has 2 heterocycles. The number of para-hydroxylation sites is 1. The van der Waals surface area contributed by atoms with Gasteiger partial charge >= 0.3 is 5.69 Å². The fourth-order valence-corrected chi connectivity index (χ4v) is 4.90. The summed E-state index contributed by atoms with van der Waals surface area (Å²) in [6.07, 6.45) is 5.06. The molecule has 1 aliphatic rings. The molecular weight excluding hydrogens is 432 g/mol. The van der Waals surface area contributed by atoms with Gasteiger partial charge in [-0.15, -0.1) is 0 Å². The molecule has 1 aliphatic carbocycles. The second kappa shape index (κ2) is 7.22. The molecule has 0 saturated heterocycles. The number of benzene rings is 2. The number of H-pyrrole nitrogens is 2. The zero-order valence-electron chi connectivity index (χ0n) is 15.7. The molecule has 2 aromatic carbocycles. The first-order valence-corrected chi connectivity index (χ1v) is 10.7. The topological polar surface area (TPSA) is 82.7 Å². The summed E-state index contributed by atoms with van der Waals surface area (Å²) in [4.78, 5) is 31.4. The number of carbonyl (C=O) groups is 1. The van der Waals surface area contributed by atoms with Gasteiger partial charge in [0.2, 0.25) is 5.91 Å². The monoisotopic (exact) mass is 452 g/mol. The summed E-state index contributed by atoms with van der Waals surface area (Å²) in [6.45, 7) is 0. The number of hydrogen-bond acceptors (Lipinski definition) is 2. The lowest BCUT2D eigenvalue weighted by Crippen LogP contribution is -2.31. The maximum absolute atomic E-state index is 12.8. The van der Waals surface area contributed by atoms with Gasteiger partial charge in [-0.25, -0.2) is 4.79 Å². The molecule has 0 aliphatic heterocycles. The molecule has 0 radical (unpaired) electrons. The summed E-state index contributed by atoms with van der Waals surface area (Å²) in [5.74, 6) is 0.0293. The highest BCUT2D eigenvalue weighted by Crippen LogP contribution is 2.34. The van der Waals surface area contributed by atoms with Crippen LogP contribution in [0.25, 0.3) is 21.9 Å². The fourth-order valence-electron chi connectivity index (χ4n) is 4.44. The van der Waals surface area contributed by atoms with E-state index >= 15 is 0 Å². The van der Waals surface area contributed by atoms with Crippen molar-refractivity contribution in [2.24, 2.45) is 5.92 Å². The number of aromatic nitrogens is 3. The van der Waals surface area contributed by atoms with Gasteiger partial charge in [0.1, 0.15) is 0 Å². The molecule has 2 aromatic heterocycles. The van der Waals surface area contributed by atoms with Crippen LogP contribution in [0.5, 0.6) is 0 Å². The molecule has 3 N–H and O–H groups in total. The van der Waals surface area contributed by atoms with E-state index in [2.05, 4.69) is 31.2 Å². The Morgan fingerprint density at radius 1 is 1.10 bits per heavy atom. The van der Waals surface area contributed by atoms with E-state index in [9.17, 15) is 9.59 Å². The van der Waals surface area contributed by atoms with Crippen LogP contribution in [0.15, 0.2) is 57.9 Å². The lowest BCUT2D eigenvalue weighted by atomic mass is 9.85. The van der Waals surface area contributed by atoms with Crippen molar-refractivity contribution in [3.63, 3.8) is 0 Å². The molecule has 4 aromatic rings. The molecule has 29 heavy (non-hydrogen) atoms. The number of hydrogen-bond donors (Lipinski definition) is 3. The van der Waals surface area contributed by atoms with E-state index in [1.54, 1.807) is 0 Å². The van der Waals surface area contributed by atoms with E-state index in [1.165, 1.54) is 0 Å². The molecule has 0 unspecified atom stereocenters. The summed E-state index contributed by atoms with van der Waals surface area (Å²) >= 11 is 3.50. The van der Waals surface area contributed by atoms with Gasteiger partial charge in [-0.1, -0.05) is 12.1 Å². The first-order valence-electron chi connectivity index (χ1n) is 9.87. The highest BCUT2D eigenvalue weighted by atomic mass is 79.9. The number of aromatic amines is 2. The van der Waals surface area contributed by atoms with Gasteiger partial charge in [0, 0.05) is 33.8 Å². The van der Waals surface area contributed by atoms with Crippen LogP contribution in [0.4, 0.5) is 5.69 Å². The number of amides is 1. The van der Waals surface area contributed by atoms with Gasteiger partial charge in [-0.05, 0) is 77.3 Å². The van der Waals surface area contributed by atoms with Crippen LogP contribution in [0.3, 0.4) is 0 Å². The van der Waals surface area contributed by atoms with Crippen molar-refractivity contribution in [2.45, 2.75) is 31.7 Å². The maximum Gasteiger partial charge on any atom is 0.326 e. The number of anilines is 1. The number of imidazole rings is 1. The minimum Gasteiger partial charge on any atom is -0.361 e. The Balaban J connectivity index is 1.29. The zero-order chi connectivity index (χ0) is 20.0. The molecule has 1 saturated carbocycles. The average Bonchev–Trinajstić information content (AvgIpc) is 3.32. The summed E-state index contributed by atoms with van der Waals surface area (Å²) in [7, 11) is 0. The Morgan fingerprint density at radius 2 is 1.93 bits per heavy atom. The summed E-state index contributed by atoms with van der Waals surface area (Å²) < 4.78 is 2.74. The SMILES string of the molecule is O=C(Nc1ccc2cc[nH]c2c1)C1CCC(n2c(=O)[nH]c3c(Br)cccc32)CC1. The quantitative estimate of drug-likeness (QED) is 0.411. The van der Waals surface area contributed by atoms with Crippen molar-refractivity contribution in [1.82, 2.24) is 14.5 Å². The first kappa shape index (κ1) is 18.2. The van der Waals surface area contributed by atoms with Crippen molar-refractivity contribution in [1.29, 1.82) is 0 Å². The van der Waals surface area contributed by atoms with Gasteiger partial charge in [-0.2, -0.15) is 0 Å². The molecule has 0 bridgehead atoms. The third-order valence-electron chi connectivity index (χ3n) is 5.96. The molecule has 0 spiro atoms. The molecule has 5 rings (SSSR count). The Bertz CT molecular complexity index is 1260. The second-order valence-electron chi connectivity index (χ2n) is 7.71. The van der Waals surface area contributed by atoms with Gasteiger partial charge in [0.05, 0.1) is 11.0 Å². The molecular formula is C22H21BrN4O2. The Kier molecular flexibility index (Phi) is 4.54. The van der Waals surface area contributed by atoms with Crippen molar-refractivity contribution >= 4 is 49.5 Å². The second-order valence-corrected chi connectivity index (χ2v) is 8.56. The number of nitrogens with zero attached hydrogens (tertiary/aromatic N) is 1. The van der Waals surface area contributed by atoms with E-state index in [1.807, 2.05) is 53.2 Å². The minimum absolute atomic E-state index is 0.0294. The van der Waals surface area contributed by atoms with Crippen LogP contribution in [-0.4, -0.2) is 20.4 Å². The van der Waals surface area contributed by atoms with Crippen LogP contribution in [-0.2, 0) is 4.79 Å². The van der Waals surface area contributed by atoms with Crippen molar-refractivity contribution in [3.05, 3.63) is 63.6 Å². The van der Waals surface area contributed by atoms with Crippen LogP contribution >= 0.6 is 15.9 Å². The zero-order valence-corrected chi connectivity index (χ0v) is 17.3. The van der Waals surface area contributed by atoms with Crippen LogP contribution in [0.2, 0.25) is 0 Å². The van der Waals surface area contributed by atoms with Crippen molar-refractivity contribution in [2.75, 3.05) is 5.32 Å². The molecule has 1 amide bonds. The lowest BCUT2D eigenvalue weighted by molar-refractivity contribution is -0.121. The maximum atomic E-state index is 12.8. The largest absolute Gasteiger partial charge is 0.361 e. The third-order valence-corrected chi connectivity index (χ3v) is 6.62. The van der Waals surface area contributed by atoms with Crippen LogP contribution in [0, 0.1) is 5.92 Å². The highest BCUT2D eigenvalue weighted by molar-refractivity contribution is 9.10. The van der Waals surface area contributed by atoms with Crippen molar-refractivity contribution in [3.8, 4) is 0 Å². The molecule has 7 heteroatoms. The number of carbonyl (C=O) groups excluding carboxylic acids is 1. The van der Waals surface area contributed by atoms with E-state index in [4.69, 9.17) is 0 Å². The fraction of sp³-hybridized carbons (Fsp3) is 0.273. The number of fused-ring (bicyclic) bond motifs is 2. The van der Waals surface area contributed by atoms with Gasteiger partial charge in [0.15, 0.2) is 0 Å². The van der Waals surface area contributed by atoms with Crippen molar-refractivity contribution < 1.29 is 4.79 Å². The van der Waals surface area contributed by atoms with E-state index in [0.29, 0.717) is 0 Å². The van der Waals surface area contributed by atoms with Gasteiger partial charge in [0.25, 0.3) is 0 Å². The number of nitrogens with one attached hydrogen (secondary N) is 3. The lowest BCUT2D eigenvalue weighted by Gasteiger charge is -2.28. The molecule has 0 atom stereocenters. The molecule has 6 nitrogen and oxygen atoms in total. The Hall–Kier alpha value is -2.80. The predicted octanol–water partition coefficient (Wildman–Crippen LogP) is 4.94. The Labute approximate surface area is 175 Å². The smallest absolute Gasteiger partial charge is 0.326 e. The summed E-state index contributed by atoms with van der Waals surface area (Å²) in [5, 5.41) is 4.18. The summed E-state index contributed by atoms with van der Waals surface area (Å²) in [6, 6.07) is 13.8. The molecule has 1 fully saturated rings. The van der Waals surface area contributed by atoms with E-state index in [-0.39, 0.29) is 23.6 Å². The first-order chi connectivity index (χ1) is 14.1. The predicted molar refractivity (Wildman–Crippen MR) is 118 cm³/mol. The Morgan fingerprint density at radius 3 is 2.76 bits per heavy atom. The summed E-state index contributed by atoms with van der Waals surface area (Å²) in [5.41, 5.74) is 3.48. The van der Waals surface area contributed by atoms with Gasteiger partial charge in [-0.3, -0.25) is 9.36 Å². The number of halogens is 1.